The van der Waals surface area contributed by atoms with Crippen LogP contribution in [0.25, 0.3) is 0 Å². The Kier molecular flexibility index (Phi) is 3.32. The first-order valence-electron chi connectivity index (χ1n) is 8.56. The number of nitrogens with one attached hydrogen (secondary N) is 1. The minimum absolute atomic E-state index is 0.0479. The largest absolute Gasteiger partial charge is 0.345 e. The summed E-state index contributed by atoms with van der Waals surface area (Å²) in [7, 11) is 1.98. The number of aryl methyl sites for hydroxylation is 2. The first-order valence-corrected chi connectivity index (χ1v) is 8.56. The summed E-state index contributed by atoms with van der Waals surface area (Å²) in [5.41, 5.74) is 5.56. The maximum Gasteiger partial charge on any atom is 0.253 e. The third-order valence-corrected chi connectivity index (χ3v) is 5.32. The van der Waals surface area contributed by atoms with Crippen molar-refractivity contribution in [1.29, 1.82) is 0 Å². The van der Waals surface area contributed by atoms with Crippen LogP contribution in [-0.2, 0) is 13.5 Å². The van der Waals surface area contributed by atoms with Crippen LogP contribution in [0.15, 0.2) is 12.3 Å². The molecule has 2 aromatic rings. The Hall–Kier alpha value is -2.04. The lowest BCUT2D eigenvalue weighted by atomic mass is 9.93. The molecule has 1 unspecified atom stereocenters. The number of hydrogen-bond donors (Lipinski definition) is 1. The van der Waals surface area contributed by atoms with Gasteiger partial charge in [-0.2, -0.15) is 5.10 Å². The van der Waals surface area contributed by atoms with Crippen LogP contribution in [0.5, 0.6) is 0 Å². The molecule has 1 fully saturated rings. The standard InChI is InChI=1S/C18H24N4O/c1-11-9-14(12(2)22(11)13-7-8-13)18(23)20-16-5-4-6-17-15(16)10-19-21(17)3/h9-10,13,16H,4-8H2,1-3H3,(H,20,23). The molecule has 5 nitrogen and oxygen atoms in total. The number of fused-ring (bicyclic) bond motifs is 1. The van der Waals surface area contributed by atoms with E-state index in [-0.39, 0.29) is 11.9 Å². The zero-order valence-electron chi connectivity index (χ0n) is 14.1. The van der Waals surface area contributed by atoms with Crippen molar-refractivity contribution in [3.63, 3.8) is 0 Å². The highest BCUT2D eigenvalue weighted by molar-refractivity contribution is 5.96. The molecule has 2 aromatic heterocycles. The lowest BCUT2D eigenvalue weighted by Gasteiger charge is -2.23. The van der Waals surface area contributed by atoms with Crippen molar-refractivity contribution in [1.82, 2.24) is 19.7 Å². The Morgan fingerprint density at radius 1 is 1.30 bits per heavy atom. The Morgan fingerprint density at radius 2 is 2.09 bits per heavy atom. The Bertz CT molecular complexity index is 766. The fourth-order valence-corrected chi connectivity index (χ4v) is 3.99. The molecule has 1 N–H and O–H groups in total. The summed E-state index contributed by atoms with van der Waals surface area (Å²) in [6, 6.07) is 2.73. The molecule has 0 spiro atoms. The maximum absolute atomic E-state index is 12.8. The summed E-state index contributed by atoms with van der Waals surface area (Å²) in [6.07, 6.45) is 7.52. The Morgan fingerprint density at radius 3 is 2.83 bits per heavy atom. The van der Waals surface area contributed by atoms with Gasteiger partial charge in [0.1, 0.15) is 0 Å². The van der Waals surface area contributed by atoms with Gasteiger partial charge in [-0.25, -0.2) is 0 Å². The van der Waals surface area contributed by atoms with Gasteiger partial charge in [-0.05, 0) is 52.0 Å². The molecule has 0 radical (unpaired) electrons. The molecular formula is C18H24N4O. The first-order chi connectivity index (χ1) is 11.1. The van der Waals surface area contributed by atoms with Crippen LogP contribution in [0.3, 0.4) is 0 Å². The molecule has 2 aliphatic carbocycles. The van der Waals surface area contributed by atoms with Crippen LogP contribution in [0.2, 0.25) is 0 Å². The third-order valence-electron chi connectivity index (χ3n) is 5.32. The van der Waals surface area contributed by atoms with Gasteiger partial charge in [0.05, 0.1) is 17.8 Å². The normalized spacial score (nSPS) is 20.4. The average molecular weight is 312 g/mol. The second-order valence-corrected chi connectivity index (χ2v) is 6.97. The number of rotatable bonds is 3. The van der Waals surface area contributed by atoms with Crippen molar-refractivity contribution in [2.45, 2.75) is 58.0 Å². The molecule has 2 aliphatic rings. The summed E-state index contributed by atoms with van der Waals surface area (Å²) < 4.78 is 4.26. The van der Waals surface area contributed by atoms with Crippen LogP contribution < -0.4 is 5.32 Å². The van der Waals surface area contributed by atoms with E-state index in [1.807, 2.05) is 24.0 Å². The zero-order chi connectivity index (χ0) is 16.1. The van der Waals surface area contributed by atoms with Gasteiger partial charge in [-0.3, -0.25) is 9.48 Å². The van der Waals surface area contributed by atoms with Gasteiger partial charge in [-0.15, -0.1) is 0 Å². The van der Waals surface area contributed by atoms with Gasteiger partial charge in [-0.1, -0.05) is 0 Å². The van der Waals surface area contributed by atoms with E-state index in [9.17, 15) is 4.79 Å². The fraction of sp³-hybridized carbons (Fsp3) is 0.556. The van der Waals surface area contributed by atoms with Crippen molar-refractivity contribution >= 4 is 5.91 Å². The Balaban J connectivity index is 1.58. The highest BCUT2D eigenvalue weighted by Gasteiger charge is 2.30. The van der Waals surface area contributed by atoms with Crippen molar-refractivity contribution in [3.8, 4) is 0 Å². The van der Waals surface area contributed by atoms with Gasteiger partial charge in [0.25, 0.3) is 5.91 Å². The van der Waals surface area contributed by atoms with Gasteiger partial charge < -0.3 is 9.88 Å². The predicted octanol–water partition coefficient (Wildman–Crippen LogP) is 2.98. The van der Waals surface area contributed by atoms with E-state index in [0.29, 0.717) is 6.04 Å². The van der Waals surface area contributed by atoms with E-state index in [2.05, 4.69) is 28.8 Å². The molecule has 0 aromatic carbocycles. The highest BCUT2D eigenvalue weighted by Crippen LogP contribution is 2.38. The van der Waals surface area contributed by atoms with Crippen molar-refractivity contribution in [2.75, 3.05) is 0 Å². The molecule has 5 heteroatoms. The average Bonchev–Trinajstić information content (AvgIpc) is 3.21. The second kappa shape index (κ2) is 5.25. The second-order valence-electron chi connectivity index (χ2n) is 6.97. The third kappa shape index (κ3) is 2.38. The molecule has 23 heavy (non-hydrogen) atoms. The molecule has 0 bridgehead atoms. The van der Waals surface area contributed by atoms with Crippen molar-refractivity contribution in [3.05, 3.63) is 40.5 Å². The highest BCUT2D eigenvalue weighted by atomic mass is 16.1. The summed E-state index contributed by atoms with van der Waals surface area (Å²) >= 11 is 0. The monoisotopic (exact) mass is 312 g/mol. The quantitative estimate of drug-likeness (QED) is 0.947. The molecule has 2 heterocycles. The Labute approximate surface area is 136 Å². The van der Waals surface area contributed by atoms with Crippen molar-refractivity contribution in [2.24, 2.45) is 7.05 Å². The van der Waals surface area contributed by atoms with E-state index >= 15 is 0 Å². The van der Waals surface area contributed by atoms with Crippen molar-refractivity contribution < 1.29 is 4.79 Å². The summed E-state index contributed by atoms with van der Waals surface area (Å²) in [6.45, 7) is 4.17. The van der Waals surface area contributed by atoms with E-state index in [4.69, 9.17) is 0 Å². The minimum atomic E-state index is 0.0479. The van der Waals surface area contributed by atoms with E-state index in [1.54, 1.807) is 0 Å². The smallest absolute Gasteiger partial charge is 0.253 e. The number of nitrogens with zero attached hydrogens (tertiary/aromatic N) is 3. The van der Waals surface area contributed by atoms with E-state index < -0.39 is 0 Å². The molecule has 1 amide bonds. The topological polar surface area (TPSA) is 51.9 Å². The van der Waals surface area contributed by atoms with Crippen LogP contribution >= 0.6 is 0 Å². The molecule has 0 saturated heterocycles. The number of aromatic nitrogens is 3. The first kappa shape index (κ1) is 14.5. The van der Waals surface area contributed by atoms with E-state index in [0.717, 1.165) is 30.5 Å². The minimum Gasteiger partial charge on any atom is -0.345 e. The van der Waals surface area contributed by atoms with Gasteiger partial charge in [0.2, 0.25) is 0 Å². The van der Waals surface area contributed by atoms with Crippen LogP contribution in [0, 0.1) is 13.8 Å². The SMILES string of the molecule is Cc1cc(C(=O)NC2CCCc3c2cnn3C)c(C)n1C1CC1. The molecule has 1 saturated carbocycles. The molecular weight excluding hydrogens is 288 g/mol. The molecule has 4 rings (SSSR count). The summed E-state index contributed by atoms with van der Waals surface area (Å²) in [5, 5.41) is 7.60. The summed E-state index contributed by atoms with van der Waals surface area (Å²) in [4.78, 5) is 12.8. The zero-order valence-corrected chi connectivity index (χ0v) is 14.1. The predicted molar refractivity (Wildman–Crippen MR) is 88.5 cm³/mol. The van der Waals surface area contributed by atoms with Crippen LogP contribution in [0.1, 0.15) is 70.8 Å². The van der Waals surface area contributed by atoms with Gasteiger partial charge >= 0.3 is 0 Å². The van der Waals surface area contributed by atoms with Crippen LogP contribution in [0.4, 0.5) is 0 Å². The van der Waals surface area contributed by atoms with Gasteiger partial charge in [0.15, 0.2) is 0 Å². The lowest BCUT2D eigenvalue weighted by Crippen LogP contribution is -2.31. The lowest BCUT2D eigenvalue weighted by molar-refractivity contribution is 0.0932. The number of hydrogen-bond acceptors (Lipinski definition) is 2. The molecule has 122 valence electrons. The fourth-order valence-electron chi connectivity index (χ4n) is 3.99. The maximum atomic E-state index is 12.8. The summed E-state index contributed by atoms with van der Waals surface area (Å²) in [5.74, 6) is 0.0479. The number of amides is 1. The number of carbonyl (C=O) groups is 1. The number of carbonyl (C=O) groups excluding carboxylic acids is 1. The molecule has 1 atom stereocenters. The van der Waals surface area contributed by atoms with Gasteiger partial charge in [0, 0.05) is 35.7 Å². The van der Waals surface area contributed by atoms with Crippen LogP contribution in [-0.4, -0.2) is 20.3 Å². The molecule has 0 aliphatic heterocycles. The van der Waals surface area contributed by atoms with E-state index in [1.165, 1.54) is 29.8 Å².